The molecule has 2 nitrogen and oxygen atoms in total. The van der Waals surface area contributed by atoms with Crippen LogP contribution in [-0.4, -0.2) is 5.71 Å². The van der Waals surface area contributed by atoms with Crippen LogP contribution in [0.5, 0.6) is 11.5 Å². The van der Waals surface area contributed by atoms with Crippen LogP contribution < -0.4 is 4.74 Å². The molecule has 0 unspecified atom stereocenters. The van der Waals surface area contributed by atoms with Crippen LogP contribution in [0.2, 0.25) is 0 Å². The molecule has 102 valence electrons. The van der Waals surface area contributed by atoms with Crippen LogP contribution >= 0.6 is 15.9 Å². The highest BCUT2D eigenvalue weighted by atomic mass is 79.9. The van der Waals surface area contributed by atoms with Crippen molar-refractivity contribution >= 4 is 27.3 Å². The van der Waals surface area contributed by atoms with Crippen molar-refractivity contribution < 1.29 is 9.13 Å². The van der Waals surface area contributed by atoms with Crippen molar-refractivity contribution in [1.82, 2.24) is 0 Å². The highest BCUT2D eigenvalue weighted by molar-refractivity contribution is 9.10. The summed E-state index contributed by atoms with van der Waals surface area (Å²) in [6, 6.07) is 9.94. The molecule has 0 amide bonds. The molecule has 0 bridgehead atoms. The quantitative estimate of drug-likeness (QED) is 0.719. The summed E-state index contributed by atoms with van der Waals surface area (Å²) < 4.78 is 19.7. The molecule has 0 spiro atoms. The van der Waals surface area contributed by atoms with E-state index in [1.54, 1.807) is 12.1 Å². The molecule has 3 rings (SSSR count). The summed E-state index contributed by atoms with van der Waals surface area (Å²) in [5.41, 5.74) is 3.18. The number of benzene rings is 2. The molecule has 2 aromatic carbocycles. The number of halogens is 2. The van der Waals surface area contributed by atoms with Gasteiger partial charge in [0.25, 0.3) is 0 Å². The lowest BCUT2D eigenvalue weighted by atomic mass is 10.0. The van der Waals surface area contributed by atoms with Crippen molar-refractivity contribution in [3.8, 4) is 11.5 Å². The number of rotatable bonds is 2. The van der Waals surface area contributed by atoms with Crippen molar-refractivity contribution in [2.24, 2.45) is 4.99 Å². The van der Waals surface area contributed by atoms with E-state index in [1.807, 2.05) is 19.1 Å². The minimum atomic E-state index is -0.272. The monoisotopic (exact) mass is 333 g/mol. The van der Waals surface area contributed by atoms with Crippen LogP contribution in [0.3, 0.4) is 0 Å². The number of hydrogen-bond acceptors (Lipinski definition) is 2. The van der Waals surface area contributed by atoms with E-state index in [9.17, 15) is 4.39 Å². The summed E-state index contributed by atoms with van der Waals surface area (Å²) >= 11 is 3.51. The maximum Gasteiger partial charge on any atom is 0.146 e. The predicted molar refractivity (Wildman–Crippen MR) is 81.7 cm³/mol. The molecule has 0 N–H and O–H groups in total. The molecule has 0 atom stereocenters. The van der Waals surface area contributed by atoms with Crippen molar-refractivity contribution in [3.63, 3.8) is 0 Å². The van der Waals surface area contributed by atoms with E-state index in [2.05, 4.69) is 20.9 Å². The van der Waals surface area contributed by atoms with Gasteiger partial charge in [-0.2, -0.15) is 0 Å². The Morgan fingerprint density at radius 2 is 1.85 bits per heavy atom. The summed E-state index contributed by atoms with van der Waals surface area (Å²) in [5.74, 6) is 1.11. The molecule has 1 aliphatic rings. The first-order valence-corrected chi connectivity index (χ1v) is 7.22. The fourth-order valence-electron chi connectivity index (χ4n) is 2.23. The first-order valence-electron chi connectivity index (χ1n) is 6.42. The van der Waals surface area contributed by atoms with E-state index >= 15 is 0 Å². The first kappa shape index (κ1) is 13.3. The van der Waals surface area contributed by atoms with Gasteiger partial charge in [-0.15, -0.1) is 0 Å². The van der Waals surface area contributed by atoms with Crippen LogP contribution in [0.1, 0.15) is 18.9 Å². The largest absolute Gasteiger partial charge is 0.456 e. The van der Waals surface area contributed by atoms with E-state index in [0.717, 1.165) is 40.0 Å². The lowest BCUT2D eigenvalue weighted by Crippen LogP contribution is -2.03. The number of aliphatic imine (C=N–C) groups is 1. The SMILES string of the molecule is CC1=Nc2ccc(Br)c(Oc3ccc(F)cc3)c2CC1. The number of ether oxygens (including phenoxy) is 1. The van der Waals surface area contributed by atoms with Gasteiger partial charge in [-0.3, -0.25) is 4.99 Å². The van der Waals surface area contributed by atoms with E-state index in [4.69, 9.17) is 4.74 Å². The molecule has 2 aromatic rings. The van der Waals surface area contributed by atoms with Gasteiger partial charge >= 0.3 is 0 Å². The van der Waals surface area contributed by atoms with Gasteiger partial charge in [0, 0.05) is 11.3 Å². The minimum Gasteiger partial charge on any atom is -0.456 e. The first-order chi connectivity index (χ1) is 9.63. The molecular weight excluding hydrogens is 321 g/mol. The molecular formula is C16H13BrFNO. The molecule has 1 heterocycles. The van der Waals surface area contributed by atoms with Gasteiger partial charge < -0.3 is 4.74 Å². The van der Waals surface area contributed by atoms with E-state index < -0.39 is 0 Å². The Bertz CT molecular complexity index is 680. The van der Waals surface area contributed by atoms with Gasteiger partial charge in [0.05, 0.1) is 10.2 Å². The van der Waals surface area contributed by atoms with Crippen LogP contribution in [0.15, 0.2) is 45.9 Å². The van der Waals surface area contributed by atoms with Gasteiger partial charge in [0.1, 0.15) is 17.3 Å². The molecule has 20 heavy (non-hydrogen) atoms. The molecule has 0 aliphatic carbocycles. The molecule has 0 radical (unpaired) electrons. The van der Waals surface area contributed by atoms with Gasteiger partial charge in [-0.25, -0.2) is 4.39 Å². The average Bonchev–Trinajstić information content (AvgIpc) is 2.44. The summed E-state index contributed by atoms with van der Waals surface area (Å²) in [7, 11) is 0. The standard InChI is InChI=1S/C16H13BrFNO/c1-10-2-7-13-15(19-10)9-8-14(17)16(13)20-12-5-3-11(18)4-6-12/h3-6,8-9H,2,7H2,1H3. The Kier molecular flexibility index (Phi) is 3.57. The van der Waals surface area contributed by atoms with Gasteiger partial charge in [0.15, 0.2) is 0 Å². The molecule has 0 saturated carbocycles. The van der Waals surface area contributed by atoms with Crippen LogP contribution in [-0.2, 0) is 6.42 Å². The summed E-state index contributed by atoms with van der Waals surface area (Å²) in [6.07, 6.45) is 1.84. The third kappa shape index (κ3) is 2.61. The Balaban J connectivity index is 2.01. The number of nitrogens with zero attached hydrogens (tertiary/aromatic N) is 1. The molecule has 1 aliphatic heterocycles. The van der Waals surface area contributed by atoms with Crippen LogP contribution in [0, 0.1) is 5.82 Å². The van der Waals surface area contributed by atoms with E-state index in [1.165, 1.54) is 12.1 Å². The molecule has 0 fully saturated rings. The van der Waals surface area contributed by atoms with Crippen LogP contribution in [0.4, 0.5) is 10.1 Å². The maximum atomic E-state index is 12.9. The van der Waals surface area contributed by atoms with E-state index in [-0.39, 0.29) is 5.82 Å². The van der Waals surface area contributed by atoms with Crippen molar-refractivity contribution in [2.75, 3.05) is 0 Å². The Hall–Kier alpha value is -1.68. The van der Waals surface area contributed by atoms with Gasteiger partial charge in [-0.05, 0) is 72.1 Å². The zero-order chi connectivity index (χ0) is 14.1. The van der Waals surface area contributed by atoms with Crippen molar-refractivity contribution in [3.05, 3.63) is 52.3 Å². The zero-order valence-electron chi connectivity index (χ0n) is 11.0. The Morgan fingerprint density at radius 1 is 1.10 bits per heavy atom. The maximum absolute atomic E-state index is 12.9. The van der Waals surface area contributed by atoms with E-state index in [0.29, 0.717) is 5.75 Å². The fraction of sp³-hybridized carbons (Fsp3) is 0.188. The number of fused-ring (bicyclic) bond motifs is 1. The Labute approximate surface area is 125 Å². The smallest absolute Gasteiger partial charge is 0.146 e. The minimum absolute atomic E-state index is 0.272. The van der Waals surface area contributed by atoms with Gasteiger partial charge in [-0.1, -0.05) is 0 Å². The normalized spacial score (nSPS) is 13.7. The third-order valence-electron chi connectivity index (χ3n) is 3.27. The molecule has 0 aromatic heterocycles. The summed E-state index contributed by atoms with van der Waals surface area (Å²) in [4.78, 5) is 4.56. The Morgan fingerprint density at radius 3 is 2.60 bits per heavy atom. The predicted octanol–water partition coefficient (Wildman–Crippen LogP) is 5.42. The van der Waals surface area contributed by atoms with Gasteiger partial charge in [0.2, 0.25) is 0 Å². The highest BCUT2D eigenvalue weighted by Crippen LogP contribution is 2.41. The van der Waals surface area contributed by atoms with Crippen LogP contribution in [0.25, 0.3) is 0 Å². The molecule has 4 heteroatoms. The second-order valence-corrected chi connectivity index (χ2v) is 5.63. The lowest BCUT2D eigenvalue weighted by Gasteiger charge is -2.18. The highest BCUT2D eigenvalue weighted by Gasteiger charge is 2.17. The molecule has 0 saturated heterocycles. The summed E-state index contributed by atoms with van der Waals surface area (Å²) in [5, 5.41) is 0. The zero-order valence-corrected chi connectivity index (χ0v) is 12.6. The second-order valence-electron chi connectivity index (χ2n) is 4.78. The summed E-state index contributed by atoms with van der Waals surface area (Å²) in [6.45, 7) is 2.03. The van der Waals surface area contributed by atoms with Crippen molar-refractivity contribution in [2.45, 2.75) is 19.8 Å². The lowest BCUT2D eigenvalue weighted by molar-refractivity contribution is 0.471. The fourth-order valence-corrected chi connectivity index (χ4v) is 2.69. The average molecular weight is 334 g/mol. The number of hydrogen-bond donors (Lipinski definition) is 0. The van der Waals surface area contributed by atoms with Crippen molar-refractivity contribution in [1.29, 1.82) is 0 Å². The topological polar surface area (TPSA) is 21.6 Å². The third-order valence-corrected chi connectivity index (χ3v) is 3.89. The second kappa shape index (κ2) is 5.37.